The summed E-state index contributed by atoms with van der Waals surface area (Å²) < 4.78 is 20.1. The van der Waals surface area contributed by atoms with Gasteiger partial charge < -0.3 is 14.5 Å². The number of amides is 2. The number of carbonyl (C=O) groups excluding carboxylic acids is 2. The number of fused-ring (bicyclic) bond motifs is 1. The first kappa shape index (κ1) is 26.0. The van der Waals surface area contributed by atoms with E-state index in [0.29, 0.717) is 22.0 Å². The molecule has 0 spiro atoms. The monoisotopic (exact) mass is 557 g/mol. The number of thiazole rings is 1. The molecule has 204 valence electrons. The number of hydrogen-bond acceptors (Lipinski definition) is 7. The predicted octanol–water partition coefficient (Wildman–Crippen LogP) is 4.87. The minimum atomic E-state index is -1.12. The second-order valence-corrected chi connectivity index (χ2v) is 10.8. The van der Waals surface area contributed by atoms with Gasteiger partial charge in [0.15, 0.2) is 11.9 Å². The Bertz CT molecular complexity index is 1520. The quantitative estimate of drug-likeness (QED) is 0.365. The van der Waals surface area contributed by atoms with Crippen LogP contribution in [0.3, 0.4) is 0 Å². The highest BCUT2D eigenvalue weighted by atomic mass is 32.1. The van der Waals surface area contributed by atoms with Crippen molar-refractivity contribution in [3.8, 4) is 16.9 Å². The number of nitrogens with one attached hydrogen (secondary N) is 1. The number of piperazine rings is 1. The van der Waals surface area contributed by atoms with Crippen LogP contribution in [0.15, 0.2) is 78.3 Å². The number of aromatic nitrogens is 1. The van der Waals surface area contributed by atoms with E-state index in [2.05, 4.69) is 51.4 Å². The second-order valence-electron chi connectivity index (χ2n) is 9.88. The standard InChI is InChI=1S/C30H28FN5O3S/c1-34-12-14-35(15-13-34)24-8-5-20(6-9-24)21-7-10-26-25(18-21)29(38)36(19-39-26)27(22-3-2-4-23(31)17-22)28(37)33-30-32-11-16-40-30/h2-11,16-18,27H,12-15,19H2,1H3,(H,32,33,37). The molecule has 0 aliphatic carbocycles. The Morgan fingerprint density at radius 3 is 2.52 bits per heavy atom. The number of hydrogen-bond donors (Lipinski definition) is 1. The zero-order valence-electron chi connectivity index (χ0n) is 21.9. The molecule has 6 rings (SSSR count). The van der Waals surface area contributed by atoms with Crippen molar-refractivity contribution >= 4 is 34.0 Å². The first-order valence-corrected chi connectivity index (χ1v) is 13.9. The van der Waals surface area contributed by atoms with Gasteiger partial charge >= 0.3 is 0 Å². The first-order valence-electron chi connectivity index (χ1n) is 13.0. The fourth-order valence-electron chi connectivity index (χ4n) is 5.08. The van der Waals surface area contributed by atoms with E-state index in [1.54, 1.807) is 29.8 Å². The van der Waals surface area contributed by atoms with Gasteiger partial charge in [-0.1, -0.05) is 30.3 Å². The number of benzene rings is 3. The molecule has 0 radical (unpaired) electrons. The summed E-state index contributed by atoms with van der Waals surface area (Å²) in [6.45, 7) is 3.88. The summed E-state index contributed by atoms with van der Waals surface area (Å²) in [6, 6.07) is 18.4. The molecule has 2 aliphatic rings. The maximum atomic E-state index is 14.2. The Labute approximate surface area is 235 Å². The van der Waals surface area contributed by atoms with Gasteiger partial charge in [-0.25, -0.2) is 9.37 Å². The average molecular weight is 558 g/mol. The maximum Gasteiger partial charge on any atom is 0.261 e. The van der Waals surface area contributed by atoms with E-state index in [4.69, 9.17) is 4.74 Å². The number of carbonyl (C=O) groups is 2. The minimum Gasteiger partial charge on any atom is -0.472 e. The van der Waals surface area contributed by atoms with E-state index in [0.717, 1.165) is 37.3 Å². The minimum absolute atomic E-state index is 0.155. The molecule has 2 amide bonds. The molecule has 1 atom stereocenters. The summed E-state index contributed by atoms with van der Waals surface area (Å²) in [6.07, 6.45) is 1.57. The molecule has 1 saturated heterocycles. The van der Waals surface area contributed by atoms with Crippen LogP contribution in [0.5, 0.6) is 5.75 Å². The van der Waals surface area contributed by atoms with Crippen LogP contribution < -0.4 is 15.0 Å². The third-order valence-electron chi connectivity index (χ3n) is 7.29. The molecular formula is C30H28FN5O3S. The summed E-state index contributed by atoms with van der Waals surface area (Å²) >= 11 is 1.26. The third kappa shape index (κ3) is 5.28. The van der Waals surface area contributed by atoms with Crippen molar-refractivity contribution in [1.29, 1.82) is 0 Å². The summed E-state index contributed by atoms with van der Waals surface area (Å²) in [5.41, 5.74) is 3.68. The zero-order chi connectivity index (χ0) is 27.6. The summed E-state index contributed by atoms with van der Waals surface area (Å²) in [4.78, 5) is 37.4. The van der Waals surface area contributed by atoms with Gasteiger partial charge in [0.05, 0.1) is 5.56 Å². The van der Waals surface area contributed by atoms with Gasteiger partial charge in [0.25, 0.3) is 11.8 Å². The van der Waals surface area contributed by atoms with Crippen LogP contribution in [0.2, 0.25) is 0 Å². The van der Waals surface area contributed by atoms with Crippen molar-refractivity contribution in [2.45, 2.75) is 6.04 Å². The van der Waals surface area contributed by atoms with Gasteiger partial charge in [0.1, 0.15) is 17.6 Å². The lowest BCUT2D eigenvalue weighted by Gasteiger charge is -2.34. The lowest BCUT2D eigenvalue weighted by atomic mass is 9.99. The first-order chi connectivity index (χ1) is 19.5. The number of nitrogens with zero attached hydrogens (tertiary/aromatic N) is 4. The molecule has 40 heavy (non-hydrogen) atoms. The Balaban J connectivity index is 1.28. The van der Waals surface area contributed by atoms with Crippen LogP contribution in [0.1, 0.15) is 22.0 Å². The van der Waals surface area contributed by atoms with Gasteiger partial charge in [-0.3, -0.25) is 19.8 Å². The number of rotatable bonds is 6. The van der Waals surface area contributed by atoms with E-state index < -0.39 is 17.8 Å². The highest BCUT2D eigenvalue weighted by Crippen LogP contribution is 2.35. The normalized spacial score (nSPS) is 16.3. The van der Waals surface area contributed by atoms with E-state index in [1.807, 2.05) is 6.07 Å². The van der Waals surface area contributed by atoms with E-state index in [-0.39, 0.29) is 12.6 Å². The van der Waals surface area contributed by atoms with Crippen LogP contribution >= 0.6 is 11.3 Å². The van der Waals surface area contributed by atoms with Crippen molar-refractivity contribution in [3.05, 3.63) is 95.3 Å². The van der Waals surface area contributed by atoms with Crippen LogP contribution in [-0.4, -0.2) is 66.6 Å². The molecule has 4 aromatic rings. The molecule has 1 N–H and O–H groups in total. The van der Waals surface area contributed by atoms with E-state index in [9.17, 15) is 14.0 Å². The van der Waals surface area contributed by atoms with Crippen molar-refractivity contribution in [2.75, 3.05) is 50.2 Å². The van der Waals surface area contributed by atoms with E-state index in [1.165, 1.54) is 40.1 Å². The molecule has 8 nitrogen and oxygen atoms in total. The molecular weight excluding hydrogens is 529 g/mol. The number of ether oxygens (including phenoxy) is 1. The number of anilines is 2. The highest BCUT2D eigenvalue weighted by Gasteiger charge is 2.37. The van der Waals surface area contributed by atoms with Gasteiger partial charge in [-0.15, -0.1) is 11.3 Å². The number of halogens is 1. The maximum absolute atomic E-state index is 14.2. The molecule has 3 aromatic carbocycles. The van der Waals surface area contributed by atoms with Crippen molar-refractivity contribution < 1.29 is 18.7 Å². The molecule has 1 unspecified atom stereocenters. The topological polar surface area (TPSA) is 78.0 Å². The van der Waals surface area contributed by atoms with Gasteiger partial charge in [-0.2, -0.15) is 0 Å². The predicted molar refractivity (Wildman–Crippen MR) is 153 cm³/mol. The van der Waals surface area contributed by atoms with Crippen molar-refractivity contribution in [2.24, 2.45) is 0 Å². The summed E-state index contributed by atoms with van der Waals surface area (Å²) in [5.74, 6) is -0.938. The molecule has 0 saturated carbocycles. The van der Waals surface area contributed by atoms with Crippen molar-refractivity contribution in [3.63, 3.8) is 0 Å². The van der Waals surface area contributed by atoms with Crippen LogP contribution in [0, 0.1) is 5.82 Å². The fourth-order valence-corrected chi connectivity index (χ4v) is 5.62. The van der Waals surface area contributed by atoms with Crippen LogP contribution in [0.4, 0.5) is 15.2 Å². The van der Waals surface area contributed by atoms with Gasteiger partial charge in [-0.05, 0) is 60.1 Å². The van der Waals surface area contributed by atoms with Gasteiger partial charge in [0, 0.05) is 43.4 Å². The zero-order valence-corrected chi connectivity index (χ0v) is 22.7. The highest BCUT2D eigenvalue weighted by molar-refractivity contribution is 7.13. The largest absolute Gasteiger partial charge is 0.472 e. The SMILES string of the molecule is CN1CCN(c2ccc(-c3ccc4c(c3)C(=O)N(C(C(=O)Nc3nccs3)c3cccc(F)c3)CO4)cc2)CC1. The lowest BCUT2D eigenvalue weighted by molar-refractivity contribution is -0.122. The van der Waals surface area contributed by atoms with Crippen LogP contribution in [-0.2, 0) is 4.79 Å². The Kier molecular flexibility index (Phi) is 7.19. The molecule has 0 bridgehead atoms. The third-order valence-corrected chi connectivity index (χ3v) is 7.97. The van der Waals surface area contributed by atoms with Crippen LogP contribution in [0.25, 0.3) is 11.1 Å². The molecule has 1 fully saturated rings. The molecule has 10 heteroatoms. The number of likely N-dealkylation sites (N-methyl/N-ethyl adjacent to an activating group) is 1. The lowest BCUT2D eigenvalue weighted by Crippen LogP contribution is -2.45. The average Bonchev–Trinajstić information content (AvgIpc) is 3.48. The summed E-state index contributed by atoms with van der Waals surface area (Å²) in [7, 11) is 2.14. The molecule has 2 aliphatic heterocycles. The summed E-state index contributed by atoms with van der Waals surface area (Å²) in [5, 5.41) is 4.87. The van der Waals surface area contributed by atoms with E-state index >= 15 is 0 Å². The smallest absolute Gasteiger partial charge is 0.261 e. The molecule has 3 heterocycles. The Hall–Kier alpha value is -4.28. The second kappa shape index (κ2) is 11.1. The van der Waals surface area contributed by atoms with Crippen molar-refractivity contribution in [1.82, 2.24) is 14.8 Å². The van der Waals surface area contributed by atoms with Gasteiger partial charge in [0.2, 0.25) is 0 Å². The molecule has 1 aromatic heterocycles. The Morgan fingerprint density at radius 1 is 1.02 bits per heavy atom. The Morgan fingerprint density at radius 2 is 1.80 bits per heavy atom. The fraction of sp³-hybridized carbons (Fsp3) is 0.233.